The van der Waals surface area contributed by atoms with Crippen molar-refractivity contribution in [2.75, 3.05) is 33.2 Å². The van der Waals surface area contributed by atoms with Gasteiger partial charge in [0.15, 0.2) is 5.96 Å². The Kier molecular flexibility index (Phi) is 9.19. The number of nitrogens with zero attached hydrogens (tertiary/aromatic N) is 2. The number of piperidine rings is 1. The van der Waals surface area contributed by atoms with Gasteiger partial charge in [-0.2, -0.15) is 0 Å². The highest BCUT2D eigenvalue weighted by Gasteiger charge is 2.27. The van der Waals surface area contributed by atoms with Crippen LogP contribution in [-0.2, 0) is 4.79 Å². The zero-order valence-corrected chi connectivity index (χ0v) is 15.8. The fraction of sp³-hybridized carbons (Fsp3) is 0.857. The van der Waals surface area contributed by atoms with Gasteiger partial charge >= 0.3 is 0 Å². The van der Waals surface area contributed by atoms with Gasteiger partial charge in [0.05, 0.1) is 18.1 Å². The Labute approximate surface area is 144 Å². The van der Waals surface area contributed by atoms with E-state index in [1.165, 1.54) is 0 Å². The second-order valence-corrected chi connectivity index (χ2v) is 5.85. The standard InChI is InChI=1S/C14H28N4O2.HI/c1-5-16-13(18-8-6-11(19)7-9-18)17-10-14(2,3)12(20)15-4;/h11,19H,5-10H2,1-4H3,(H,15,20)(H,16,17);1H. The van der Waals surface area contributed by atoms with Gasteiger partial charge in [0.2, 0.25) is 5.91 Å². The fourth-order valence-corrected chi connectivity index (χ4v) is 2.19. The van der Waals surface area contributed by atoms with Gasteiger partial charge in [-0.15, -0.1) is 24.0 Å². The van der Waals surface area contributed by atoms with Crippen molar-refractivity contribution in [2.24, 2.45) is 10.4 Å². The molecular formula is C14H29IN4O2. The van der Waals surface area contributed by atoms with Crippen molar-refractivity contribution in [3.05, 3.63) is 0 Å². The maximum absolute atomic E-state index is 11.8. The third-order valence-electron chi connectivity index (χ3n) is 3.56. The van der Waals surface area contributed by atoms with E-state index in [1.54, 1.807) is 7.05 Å². The molecule has 1 aliphatic heterocycles. The van der Waals surface area contributed by atoms with Crippen molar-refractivity contribution in [3.8, 4) is 0 Å². The second kappa shape index (κ2) is 9.45. The van der Waals surface area contributed by atoms with Crippen molar-refractivity contribution in [3.63, 3.8) is 0 Å². The van der Waals surface area contributed by atoms with Crippen LogP contribution in [0.5, 0.6) is 0 Å². The van der Waals surface area contributed by atoms with E-state index in [0.717, 1.165) is 38.4 Å². The van der Waals surface area contributed by atoms with Gasteiger partial charge in [-0.05, 0) is 33.6 Å². The average Bonchev–Trinajstić information content (AvgIpc) is 2.43. The maximum Gasteiger partial charge on any atom is 0.227 e. The lowest BCUT2D eigenvalue weighted by Crippen LogP contribution is -2.47. The Balaban J connectivity index is 0.00000400. The van der Waals surface area contributed by atoms with E-state index < -0.39 is 5.41 Å². The molecule has 1 saturated heterocycles. The smallest absolute Gasteiger partial charge is 0.227 e. The fourth-order valence-electron chi connectivity index (χ4n) is 2.19. The van der Waals surface area contributed by atoms with Crippen LogP contribution < -0.4 is 10.6 Å². The monoisotopic (exact) mass is 412 g/mol. The van der Waals surface area contributed by atoms with E-state index in [9.17, 15) is 9.90 Å². The normalized spacial score (nSPS) is 17.2. The molecule has 0 atom stereocenters. The summed E-state index contributed by atoms with van der Waals surface area (Å²) in [5.74, 6) is 0.822. The summed E-state index contributed by atoms with van der Waals surface area (Å²) in [6.45, 7) is 8.63. The third-order valence-corrected chi connectivity index (χ3v) is 3.56. The van der Waals surface area contributed by atoms with E-state index in [4.69, 9.17) is 0 Å². The number of guanidine groups is 1. The van der Waals surface area contributed by atoms with Crippen LogP contribution in [0.4, 0.5) is 0 Å². The topological polar surface area (TPSA) is 77.0 Å². The van der Waals surface area contributed by atoms with Crippen LogP contribution in [0.1, 0.15) is 33.6 Å². The number of aliphatic hydroxyl groups is 1. The molecule has 0 radical (unpaired) electrons. The van der Waals surface area contributed by atoms with E-state index >= 15 is 0 Å². The summed E-state index contributed by atoms with van der Waals surface area (Å²) in [5.41, 5.74) is -0.523. The summed E-state index contributed by atoms with van der Waals surface area (Å²) in [7, 11) is 1.64. The molecular weight excluding hydrogens is 383 g/mol. The number of likely N-dealkylation sites (tertiary alicyclic amines) is 1. The number of amides is 1. The van der Waals surface area contributed by atoms with Gasteiger partial charge in [0, 0.05) is 26.7 Å². The second-order valence-electron chi connectivity index (χ2n) is 5.85. The van der Waals surface area contributed by atoms with Crippen molar-refractivity contribution in [1.29, 1.82) is 0 Å². The molecule has 0 aromatic rings. The van der Waals surface area contributed by atoms with E-state index in [-0.39, 0.29) is 36.0 Å². The quantitative estimate of drug-likeness (QED) is 0.363. The van der Waals surface area contributed by atoms with E-state index in [1.807, 2.05) is 20.8 Å². The number of hydrogen-bond acceptors (Lipinski definition) is 3. The number of carbonyl (C=O) groups excluding carboxylic acids is 1. The highest BCUT2D eigenvalue weighted by atomic mass is 127. The SMILES string of the molecule is CCNC(=NCC(C)(C)C(=O)NC)N1CCC(O)CC1.I. The molecule has 1 rings (SSSR count). The number of rotatable bonds is 4. The van der Waals surface area contributed by atoms with Crippen molar-refractivity contribution in [2.45, 2.75) is 39.7 Å². The first-order valence-electron chi connectivity index (χ1n) is 7.34. The van der Waals surface area contributed by atoms with Crippen LogP contribution in [0.15, 0.2) is 4.99 Å². The highest BCUT2D eigenvalue weighted by molar-refractivity contribution is 14.0. The number of nitrogens with one attached hydrogen (secondary N) is 2. The summed E-state index contributed by atoms with van der Waals surface area (Å²) in [6, 6.07) is 0. The summed E-state index contributed by atoms with van der Waals surface area (Å²) < 4.78 is 0. The molecule has 1 amide bonds. The number of halogens is 1. The zero-order chi connectivity index (χ0) is 15.2. The summed E-state index contributed by atoms with van der Waals surface area (Å²) in [6.07, 6.45) is 1.34. The Bertz CT molecular complexity index is 353. The molecule has 0 unspecified atom stereocenters. The lowest BCUT2D eigenvalue weighted by atomic mass is 9.93. The Hall–Kier alpha value is -0.570. The molecule has 0 saturated carbocycles. The van der Waals surface area contributed by atoms with Crippen LogP contribution in [0, 0.1) is 5.41 Å². The van der Waals surface area contributed by atoms with E-state index in [0.29, 0.717) is 6.54 Å². The van der Waals surface area contributed by atoms with Crippen LogP contribution in [0.25, 0.3) is 0 Å². The first kappa shape index (κ1) is 20.4. The van der Waals surface area contributed by atoms with Crippen molar-refractivity contribution < 1.29 is 9.90 Å². The highest BCUT2D eigenvalue weighted by Crippen LogP contribution is 2.16. The third kappa shape index (κ3) is 6.37. The Morgan fingerprint density at radius 2 is 1.95 bits per heavy atom. The molecule has 7 heteroatoms. The Morgan fingerprint density at radius 1 is 1.38 bits per heavy atom. The zero-order valence-electron chi connectivity index (χ0n) is 13.5. The van der Waals surface area contributed by atoms with Crippen LogP contribution in [-0.4, -0.2) is 61.2 Å². The van der Waals surface area contributed by atoms with Crippen molar-refractivity contribution in [1.82, 2.24) is 15.5 Å². The molecule has 1 heterocycles. The molecule has 0 bridgehead atoms. The maximum atomic E-state index is 11.8. The molecule has 1 fully saturated rings. The lowest BCUT2D eigenvalue weighted by molar-refractivity contribution is -0.128. The molecule has 0 aliphatic carbocycles. The van der Waals surface area contributed by atoms with Gasteiger partial charge in [0.25, 0.3) is 0 Å². The largest absolute Gasteiger partial charge is 0.393 e. The lowest BCUT2D eigenvalue weighted by Gasteiger charge is -2.33. The first-order chi connectivity index (χ1) is 9.40. The minimum atomic E-state index is -0.523. The molecule has 6 nitrogen and oxygen atoms in total. The first-order valence-corrected chi connectivity index (χ1v) is 7.34. The van der Waals surface area contributed by atoms with Gasteiger partial charge in [-0.25, -0.2) is 0 Å². The summed E-state index contributed by atoms with van der Waals surface area (Å²) >= 11 is 0. The van der Waals surface area contributed by atoms with Crippen molar-refractivity contribution >= 4 is 35.8 Å². The van der Waals surface area contributed by atoms with Gasteiger partial charge in [-0.1, -0.05) is 0 Å². The van der Waals surface area contributed by atoms with Gasteiger partial charge in [-0.3, -0.25) is 9.79 Å². The number of aliphatic imine (C=N–C) groups is 1. The molecule has 21 heavy (non-hydrogen) atoms. The van der Waals surface area contributed by atoms with Crippen LogP contribution >= 0.6 is 24.0 Å². The molecule has 3 N–H and O–H groups in total. The predicted octanol–water partition coefficient (Wildman–Crippen LogP) is 0.799. The van der Waals surface area contributed by atoms with Gasteiger partial charge in [0.1, 0.15) is 0 Å². The predicted molar refractivity (Wildman–Crippen MR) is 96.1 cm³/mol. The number of aliphatic hydroxyl groups excluding tert-OH is 1. The Morgan fingerprint density at radius 3 is 2.43 bits per heavy atom. The summed E-state index contributed by atoms with van der Waals surface area (Å²) in [4.78, 5) is 18.5. The molecule has 0 aromatic carbocycles. The molecule has 1 aliphatic rings. The van der Waals surface area contributed by atoms with Gasteiger partial charge < -0.3 is 20.6 Å². The molecule has 0 aromatic heterocycles. The van der Waals surface area contributed by atoms with Crippen LogP contribution in [0.3, 0.4) is 0 Å². The minimum Gasteiger partial charge on any atom is -0.393 e. The van der Waals surface area contributed by atoms with E-state index in [2.05, 4.69) is 20.5 Å². The number of hydrogen-bond donors (Lipinski definition) is 3. The van der Waals surface area contributed by atoms with Crippen LogP contribution in [0.2, 0.25) is 0 Å². The minimum absolute atomic E-state index is 0. The summed E-state index contributed by atoms with van der Waals surface area (Å²) in [5, 5.41) is 15.5. The average molecular weight is 412 g/mol. The number of carbonyl (C=O) groups is 1. The molecule has 0 spiro atoms. The molecule has 124 valence electrons.